The zero-order valence-corrected chi connectivity index (χ0v) is 13.0. The largest absolute Gasteiger partial charge is 0.495 e. The van der Waals surface area contributed by atoms with E-state index in [0.29, 0.717) is 5.02 Å². The minimum Gasteiger partial charge on any atom is -0.495 e. The van der Waals surface area contributed by atoms with Gasteiger partial charge in [0.05, 0.1) is 22.6 Å². The molecule has 0 spiro atoms. The van der Waals surface area contributed by atoms with Gasteiger partial charge in [0, 0.05) is 11.8 Å². The van der Waals surface area contributed by atoms with Crippen molar-refractivity contribution in [1.29, 1.82) is 0 Å². The molecule has 2 rings (SSSR count). The van der Waals surface area contributed by atoms with Gasteiger partial charge in [-0.25, -0.2) is 13.2 Å². The van der Waals surface area contributed by atoms with Gasteiger partial charge < -0.3 is 9.84 Å². The molecule has 0 aromatic heterocycles. The lowest BCUT2D eigenvalue weighted by atomic mass is 10.2. The summed E-state index contributed by atoms with van der Waals surface area (Å²) in [4.78, 5) is 10.7. The monoisotopic (exact) mass is 341 g/mol. The van der Waals surface area contributed by atoms with Crippen LogP contribution < -0.4 is 9.46 Å². The summed E-state index contributed by atoms with van der Waals surface area (Å²) >= 11 is 5.86. The van der Waals surface area contributed by atoms with Crippen LogP contribution in [0.15, 0.2) is 47.4 Å². The highest BCUT2D eigenvalue weighted by Crippen LogP contribution is 2.28. The maximum Gasteiger partial charge on any atom is 0.335 e. The van der Waals surface area contributed by atoms with Gasteiger partial charge in [0.25, 0.3) is 10.0 Å². The molecule has 0 aliphatic heterocycles. The average molecular weight is 342 g/mol. The van der Waals surface area contributed by atoms with Crippen molar-refractivity contribution in [2.24, 2.45) is 0 Å². The van der Waals surface area contributed by atoms with Crippen LogP contribution in [0.2, 0.25) is 5.02 Å². The summed E-state index contributed by atoms with van der Waals surface area (Å²) in [5.74, 6) is -0.845. The molecule has 0 radical (unpaired) electrons. The van der Waals surface area contributed by atoms with Gasteiger partial charge in [0.1, 0.15) is 5.75 Å². The number of anilines is 1. The molecule has 0 saturated heterocycles. The fourth-order valence-corrected chi connectivity index (χ4v) is 2.97. The Morgan fingerprint density at radius 1 is 1.18 bits per heavy atom. The molecule has 116 valence electrons. The Morgan fingerprint density at radius 2 is 1.82 bits per heavy atom. The number of nitrogens with one attached hydrogen (secondary N) is 1. The van der Waals surface area contributed by atoms with Gasteiger partial charge in [-0.3, -0.25) is 4.72 Å². The average Bonchev–Trinajstić information content (AvgIpc) is 2.47. The van der Waals surface area contributed by atoms with Gasteiger partial charge in [-0.05, 0) is 36.4 Å². The number of carbonyl (C=O) groups is 1. The first-order chi connectivity index (χ1) is 10.3. The van der Waals surface area contributed by atoms with Gasteiger partial charge in [-0.15, -0.1) is 0 Å². The van der Waals surface area contributed by atoms with Crippen LogP contribution >= 0.6 is 11.6 Å². The van der Waals surface area contributed by atoms with Gasteiger partial charge >= 0.3 is 5.97 Å². The zero-order chi connectivity index (χ0) is 16.3. The molecule has 0 atom stereocenters. The molecule has 0 heterocycles. The number of carboxylic acids is 1. The lowest BCUT2D eigenvalue weighted by Gasteiger charge is -2.10. The predicted molar refractivity (Wildman–Crippen MR) is 82.2 cm³/mol. The molecule has 6 nitrogen and oxygen atoms in total. The molecule has 0 aliphatic carbocycles. The molecule has 0 unspecified atom stereocenters. The Bertz CT molecular complexity index is 802. The molecule has 0 saturated carbocycles. The number of hydrogen-bond donors (Lipinski definition) is 2. The molecular weight excluding hydrogens is 330 g/mol. The van der Waals surface area contributed by atoms with Crippen LogP contribution in [0.3, 0.4) is 0 Å². The van der Waals surface area contributed by atoms with E-state index in [2.05, 4.69) is 4.72 Å². The summed E-state index contributed by atoms with van der Waals surface area (Å²) < 4.78 is 31.9. The van der Waals surface area contributed by atoms with Crippen LogP contribution in [0.5, 0.6) is 5.75 Å². The summed E-state index contributed by atoms with van der Waals surface area (Å²) in [6.07, 6.45) is 0. The number of carboxylic acid groups (broad SMARTS) is 1. The summed E-state index contributed by atoms with van der Waals surface area (Å²) in [7, 11) is -2.45. The van der Waals surface area contributed by atoms with Crippen molar-refractivity contribution in [1.82, 2.24) is 0 Å². The Labute approximate surface area is 132 Å². The number of rotatable bonds is 5. The second-order valence-electron chi connectivity index (χ2n) is 4.28. The van der Waals surface area contributed by atoms with E-state index in [1.165, 1.54) is 49.6 Å². The second kappa shape index (κ2) is 6.25. The maximum atomic E-state index is 12.3. The van der Waals surface area contributed by atoms with Crippen LogP contribution in [0.25, 0.3) is 0 Å². The second-order valence-corrected chi connectivity index (χ2v) is 6.37. The lowest BCUT2D eigenvalue weighted by Crippen LogP contribution is -2.13. The van der Waals surface area contributed by atoms with Gasteiger partial charge in [0.2, 0.25) is 0 Å². The van der Waals surface area contributed by atoms with Crippen molar-refractivity contribution < 1.29 is 23.1 Å². The van der Waals surface area contributed by atoms with Gasteiger partial charge in [-0.1, -0.05) is 11.6 Å². The lowest BCUT2D eigenvalue weighted by molar-refractivity contribution is 0.0697. The van der Waals surface area contributed by atoms with E-state index in [0.717, 1.165) is 0 Å². The summed E-state index contributed by atoms with van der Waals surface area (Å²) in [5.41, 5.74) is 0.315. The fraction of sp³-hybridized carbons (Fsp3) is 0.0714. The van der Waals surface area contributed by atoms with Crippen molar-refractivity contribution in [2.75, 3.05) is 11.8 Å². The summed E-state index contributed by atoms with van der Waals surface area (Å²) in [5, 5.41) is 9.10. The van der Waals surface area contributed by atoms with Crippen LogP contribution in [-0.2, 0) is 10.0 Å². The van der Waals surface area contributed by atoms with E-state index >= 15 is 0 Å². The van der Waals surface area contributed by atoms with Crippen LogP contribution in [0, 0.1) is 0 Å². The molecule has 2 aromatic rings. The van der Waals surface area contributed by atoms with E-state index in [4.69, 9.17) is 21.4 Å². The number of halogens is 1. The molecule has 8 heteroatoms. The number of ether oxygens (including phenoxy) is 1. The third kappa shape index (κ3) is 3.49. The number of aromatic carboxylic acids is 1. The van der Waals surface area contributed by atoms with E-state index < -0.39 is 16.0 Å². The minimum absolute atomic E-state index is 0.0175. The molecular formula is C14H12ClNO5S. The Hall–Kier alpha value is -2.25. The summed E-state index contributed by atoms with van der Waals surface area (Å²) in [6, 6.07) is 9.42. The zero-order valence-electron chi connectivity index (χ0n) is 11.4. The first-order valence-electron chi connectivity index (χ1n) is 6.03. The standard InChI is InChI=1S/C14H12ClNO5S/c1-21-13-8-11(6-7-12(13)15)22(19,20)16-10-4-2-9(3-5-10)14(17)18/h2-8,16H,1H3,(H,17,18). The van der Waals surface area contributed by atoms with Crippen molar-refractivity contribution >= 4 is 33.3 Å². The molecule has 2 aromatic carbocycles. The minimum atomic E-state index is -3.83. The highest BCUT2D eigenvalue weighted by molar-refractivity contribution is 7.92. The summed E-state index contributed by atoms with van der Waals surface area (Å²) in [6.45, 7) is 0. The van der Waals surface area contributed by atoms with E-state index in [1.54, 1.807) is 0 Å². The number of methoxy groups -OCH3 is 1. The number of hydrogen-bond acceptors (Lipinski definition) is 4. The van der Waals surface area contributed by atoms with Gasteiger partial charge in [0.15, 0.2) is 0 Å². The highest BCUT2D eigenvalue weighted by Gasteiger charge is 2.16. The molecule has 0 bridgehead atoms. The Balaban J connectivity index is 2.29. The third-order valence-electron chi connectivity index (χ3n) is 2.82. The molecule has 0 amide bonds. The van der Waals surface area contributed by atoms with E-state index in [1.807, 2.05) is 0 Å². The van der Waals surface area contributed by atoms with Crippen molar-refractivity contribution in [3.63, 3.8) is 0 Å². The predicted octanol–water partition coefficient (Wildman–Crippen LogP) is 2.85. The third-order valence-corrected chi connectivity index (χ3v) is 4.51. The van der Waals surface area contributed by atoms with Crippen LogP contribution in [0.4, 0.5) is 5.69 Å². The van der Waals surface area contributed by atoms with Crippen LogP contribution in [0.1, 0.15) is 10.4 Å². The smallest absolute Gasteiger partial charge is 0.335 e. The Kier molecular flexibility index (Phi) is 4.58. The normalized spacial score (nSPS) is 11.0. The topological polar surface area (TPSA) is 92.7 Å². The molecule has 2 N–H and O–H groups in total. The number of benzene rings is 2. The van der Waals surface area contributed by atoms with Crippen LogP contribution in [-0.4, -0.2) is 26.6 Å². The SMILES string of the molecule is COc1cc(S(=O)(=O)Nc2ccc(C(=O)O)cc2)ccc1Cl. The maximum absolute atomic E-state index is 12.3. The Morgan fingerprint density at radius 3 is 2.36 bits per heavy atom. The van der Waals surface area contributed by atoms with Gasteiger partial charge in [-0.2, -0.15) is 0 Å². The molecule has 0 aliphatic rings. The first-order valence-corrected chi connectivity index (χ1v) is 7.89. The first kappa shape index (κ1) is 16.1. The van der Waals surface area contributed by atoms with Crippen molar-refractivity contribution in [3.8, 4) is 5.75 Å². The highest BCUT2D eigenvalue weighted by atomic mass is 35.5. The quantitative estimate of drug-likeness (QED) is 0.872. The van der Waals surface area contributed by atoms with E-state index in [9.17, 15) is 13.2 Å². The fourth-order valence-electron chi connectivity index (χ4n) is 1.70. The van der Waals surface area contributed by atoms with E-state index in [-0.39, 0.29) is 21.9 Å². The van der Waals surface area contributed by atoms with Crippen molar-refractivity contribution in [2.45, 2.75) is 4.90 Å². The molecule has 0 fully saturated rings. The van der Waals surface area contributed by atoms with Crippen molar-refractivity contribution in [3.05, 3.63) is 53.1 Å². The molecule has 22 heavy (non-hydrogen) atoms. The number of sulfonamides is 1.